The van der Waals surface area contributed by atoms with E-state index < -0.39 is 0 Å². The fourth-order valence-corrected chi connectivity index (χ4v) is 3.18. The Balaban J connectivity index is 2.07. The summed E-state index contributed by atoms with van der Waals surface area (Å²) in [7, 11) is 0. The van der Waals surface area contributed by atoms with Crippen molar-refractivity contribution >= 4 is 17.1 Å². The molecule has 1 aliphatic carbocycles. The van der Waals surface area contributed by atoms with Crippen molar-refractivity contribution in [3.63, 3.8) is 0 Å². The van der Waals surface area contributed by atoms with E-state index in [0.29, 0.717) is 6.42 Å². The Morgan fingerprint density at radius 2 is 2.20 bits per heavy atom. The lowest BCUT2D eigenvalue weighted by atomic mass is 9.91. The van der Waals surface area contributed by atoms with Crippen LogP contribution in [-0.4, -0.2) is 11.3 Å². The van der Waals surface area contributed by atoms with Gasteiger partial charge in [0.25, 0.3) is 0 Å². The van der Waals surface area contributed by atoms with Crippen LogP contribution in [0.5, 0.6) is 0 Å². The van der Waals surface area contributed by atoms with Gasteiger partial charge in [0.15, 0.2) is 5.78 Å². The van der Waals surface area contributed by atoms with Gasteiger partial charge in [-0.15, -0.1) is 11.3 Å². The summed E-state index contributed by atoms with van der Waals surface area (Å²) in [6.45, 7) is 1.99. The lowest BCUT2D eigenvalue weighted by Crippen LogP contribution is -2.38. The van der Waals surface area contributed by atoms with Gasteiger partial charge in [-0.25, -0.2) is 0 Å². The molecule has 2 nitrogen and oxygen atoms in total. The molecule has 15 heavy (non-hydrogen) atoms. The Bertz CT molecular complexity index is 363. The fourth-order valence-electron chi connectivity index (χ4n) is 2.31. The molecule has 3 heteroatoms. The minimum atomic E-state index is -0.215. The smallest absolute Gasteiger partial charge is 0.174 e. The molecule has 0 radical (unpaired) electrons. The Labute approximate surface area is 94.5 Å². The van der Waals surface area contributed by atoms with E-state index in [-0.39, 0.29) is 11.3 Å². The maximum atomic E-state index is 12.0. The summed E-state index contributed by atoms with van der Waals surface area (Å²) in [5.74, 6) is 0.229. The van der Waals surface area contributed by atoms with Crippen LogP contribution in [0.3, 0.4) is 0 Å². The van der Waals surface area contributed by atoms with E-state index in [1.807, 2.05) is 18.4 Å². The van der Waals surface area contributed by atoms with Gasteiger partial charge in [0, 0.05) is 12.0 Å². The van der Waals surface area contributed by atoms with Crippen molar-refractivity contribution in [3.8, 4) is 0 Å². The van der Waals surface area contributed by atoms with Crippen LogP contribution < -0.4 is 5.73 Å². The second-order valence-corrected chi connectivity index (χ2v) is 5.52. The average molecular weight is 223 g/mol. The van der Waals surface area contributed by atoms with Gasteiger partial charge in [-0.2, -0.15) is 0 Å². The van der Waals surface area contributed by atoms with Gasteiger partial charge in [0.1, 0.15) is 0 Å². The average Bonchev–Trinajstić information content (AvgIpc) is 2.74. The van der Waals surface area contributed by atoms with Gasteiger partial charge in [0.05, 0.1) is 4.88 Å². The molecule has 1 saturated carbocycles. The third-order valence-electron chi connectivity index (χ3n) is 3.23. The van der Waals surface area contributed by atoms with Crippen LogP contribution in [0.2, 0.25) is 0 Å². The summed E-state index contributed by atoms with van der Waals surface area (Å²) in [6.07, 6.45) is 4.88. The molecule has 0 aromatic carbocycles. The normalized spacial score (nSPS) is 19.3. The second-order valence-electron chi connectivity index (χ2n) is 4.60. The second kappa shape index (κ2) is 4.06. The zero-order chi connectivity index (χ0) is 10.9. The van der Waals surface area contributed by atoms with Crippen LogP contribution in [0.1, 0.15) is 47.3 Å². The Morgan fingerprint density at radius 1 is 1.53 bits per heavy atom. The molecule has 0 spiro atoms. The third-order valence-corrected chi connectivity index (χ3v) is 4.28. The first-order chi connectivity index (χ1) is 7.11. The molecule has 1 heterocycles. The molecule has 2 N–H and O–H groups in total. The molecule has 0 aliphatic heterocycles. The summed E-state index contributed by atoms with van der Waals surface area (Å²) in [5.41, 5.74) is 7.07. The first-order valence-corrected chi connectivity index (χ1v) is 6.35. The molecule has 2 rings (SSSR count). The topological polar surface area (TPSA) is 43.1 Å². The number of rotatable bonds is 3. The predicted octanol–water partition coefficient (Wildman–Crippen LogP) is 2.90. The molecule has 0 amide bonds. The van der Waals surface area contributed by atoms with Crippen LogP contribution >= 0.6 is 11.3 Å². The number of Topliss-reactive ketones (excluding diaryl/α,β-unsaturated/α-hetero) is 1. The zero-order valence-corrected chi connectivity index (χ0v) is 9.90. The number of ketones is 1. The minimum Gasteiger partial charge on any atom is -0.325 e. The van der Waals surface area contributed by atoms with Crippen LogP contribution in [0, 0.1) is 6.92 Å². The molecule has 0 saturated heterocycles. The van der Waals surface area contributed by atoms with Crippen molar-refractivity contribution in [2.45, 2.75) is 44.6 Å². The standard InChI is InChI=1S/C12H17NOS/c1-9-4-7-15-11(9)10(14)8-12(13)5-2-3-6-12/h4,7H,2-3,5-6,8,13H2,1H3. The highest BCUT2D eigenvalue weighted by molar-refractivity contribution is 7.12. The molecule has 1 aromatic rings. The maximum Gasteiger partial charge on any atom is 0.174 e. The van der Waals surface area contributed by atoms with Crippen molar-refractivity contribution in [1.29, 1.82) is 0 Å². The number of hydrogen-bond acceptors (Lipinski definition) is 3. The first kappa shape index (κ1) is 10.8. The van der Waals surface area contributed by atoms with E-state index in [0.717, 1.165) is 23.3 Å². The van der Waals surface area contributed by atoms with Gasteiger partial charge in [-0.3, -0.25) is 4.79 Å². The first-order valence-electron chi connectivity index (χ1n) is 5.47. The Hall–Kier alpha value is -0.670. The summed E-state index contributed by atoms with van der Waals surface area (Å²) >= 11 is 1.53. The Kier molecular flexibility index (Phi) is 2.94. The Morgan fingerprint density at radius 3 is 2.73 bits per heavy atom. The van der Waals surface area contributed by atoms with Gasteiger partial charge < -0.3 is 5.73 Å². The van der Waals surface area contributed by atoms with E-state index in [4.69, 9.17) is 5.73 Å². The summed E-state index contributed by atoms with van der Waals surface area (Å²) < 4.78 is 0. The van der Waals surface area contributed by atoms with E-state index in [1.54, 1.807) is 0 Å². The van der Waals surface area contributed by atoms with Crippen LogP contribution in [0.15, 0.2) is 11.4 Å². The molecule has 82 valence electrons. The molecule has 1 aromatic heterocycles. The molecule has 1 aliphatic rings. The van der Waals surface area contributed by atoms with Crippen molar-refractivity contribution in [2.75, 3.05) is 0 Å². The number of thiophene rings is 1. The lowest BCUT2D eigenvalue weighted by molar-refractivity contribution is 0.0956. The van der Waals surface area contributed by atoms with Crippen LogP contribution in [0.25, 0.3) is 0 Å². The lowest BCUT2D eigenvalue weighted by Gasteiger charge is -2.22. The number of nitrogens with two attached hydrogens (primary N) is 1. The summed E-state index contributed by atoms with van der Waals surface area (Å²) in [5, 5.41) is 1.97. The number of aryl methyl sites for hydroxylation is 1. The van der Waals surface area contributed by atoms with Gasteiger partial charge in [-0.05, 0) is 36.8 Å². The fraction of sp³-hybridized carbons (Fsp3) is 0.583. The largest absolute Gasteiger partial charge is 0.325 e. The van der Waals surface area contributed by atoms with Crippen LogP contribution in [0.4, 0.5) is 0 Å². The quantitative estimate of drug-likeness (QED) is 0.801. The highest BCUT2D eigenvalue weighted by Crippen LogP contribution is 2.32. The van der Waals surface area contributed by atoms with E-state index in [1.165, 1.54) is 24.2 Å². The molecule has 0 bridgehead atoms. The highest BCUT2D eigenvalue weighted by Gasteiger charge is 2.32. The SMILES string of the molecule is Cc1ccsc1C(=O)CC1(N)CCCC1. The third kappa shape index (κ3) is 2.29. The van der Waals surface area contributed by atoms with Crippen molar-refractivity contribution in [3.05, 3.63) is 21.9 Å². The molecule has 1 fully saturated rings. The molecular formula is C12H17NOS. The highest BCUT2D eigenvalue weighted by atomic mass is 32.1. The maximum absolute atomic E-state index is 12.0. The van der Waals surface area contributed by atoms with Crippen molar-refractivity contribution in [2.24, 2.45) is 5.73 Å². The molecule has 0 unspecified atom stereocenters. The zero-order valence-electron chi connectivity index (χ0n) is 9.08. The number of hydrogen-bond donors (Lipinski definition) is 1. The van der Waals surface area contributed by atoms with E-state index in [2.05, 4.69) is 0 Å². The number of carbonyl (C=O) groups excluding carboxylic acids is 1. The predicted molar refractivity (Wildman–Crippen MR) is 63.4 cm³/mol. The van der Waals surface area contributed by atoms with Crippen molar-refractivity contribution < 1.29 is 4.79 Å². The minimum absolute atomic E-state index is 0.215. The van der Waals surface area contributed by atoms with E-state index in [9.17, 15) is 4.79 Å². The molecular weight excluding hydrogens is 206 g/mol. The van der Waals surface area contributed by atoms with Crippen molar-refractivity contribution in [1.82, 2.24) is 0 Å². The van der Waals surface area contributed by atoms with Crippen LogP contribution in [-0.2, 0) is 0 Å². The van der Waals surface area contributed by atoms with E-state index >= 15 is 0 Å². The monoisotopic (exact) mass is 223 g/mol. The molecule has 0 atom stereocenters. The summed E-state index contributed by atoms with van der Waals surface area (Å²) in [6, 6.07) is 2.00. The van der Waals surface area contributed by atoms with Gasteiger partial charge in [0.2, 0.25) is 0 Å². The van der Waals surface area contributed by atoms with Gasteiger partial charge >= 0.3 is 0 Å². The summed E-state index contributed by atoms with van der Waals surface area (Å²) in [4.78, 5) is 12.9. The number of carbonyl (C=O) groups is 1. The van der Waals surface area contributed by atoms with Gasteiger partial charge in [-0.1, -0.05) is 12.8 Å².